The summed E-state index contributed by atoms with van der Waals surface area (Å²) in [5.41, 5.74) is 4.36. The van der Waals surface area contributed by atoms with Crippen LogP contribution in [-0.2, 0) is 23.4 Å². The Bertz CT molecular complexity index is 820. The molecule has 0 fully saturated rings. The largest absolute Gasteiger partial charge is 0.316 e. The van der Waals surface area contributed by atoms with Crippen molar-refractivity contribution in [3.8, 4) is 6.07 Å². The fraction of sp³-hybridized carbons (Fsp3) is 0.400. The smallest absolute Gasteiger partial charge is 0.235 e. The van der Waals surface area contributed by atoms with E-state index in [2.05, 4.69) is 37.4 Å². The van der Waals surface area contributed by atoms with E-state index in [1.54, 1.807) is 23.1 Å². The van der Waals surface area contributed by atoms with E-state index >= 15 is 0 Å². The normalized spacial score (nSPS) is 16.1. The molecule has 1 aromatic carbocycles. The molecule has 3 rings (SSSR count). The molecule has 0 bridgehead atoms. The predicted molar refractivity (Wildman–Crippen MR) is 106 cm³/mol. The molecule has 1 atom stereocenters. The molecule has 1 N–H and O–H groups in total. The average molecular weight is 371 g/mol. The van der Waals surface area contributed by atoms with Crippen LogP contribution in [0.2, 0.25) is 0 Å². The third-order valence-corrected chi connectivity index (χ3v) is 6.78. The van der Waals surface area contributed by atoms with Crippen LogP contribution >= 0.6 is 23.1 Å². The van der Waals surface area contributed by atoms with Crippen molar-refractivity contribution in [1.29, 1.82) is 5.26 Å². The van der Waals surface area contributed by atoms with E-state index < -0.39 is 0 Å². The quantitative estimate of drug-likeness (QED) is 0.812. The first-order valence-corrected chi connectivity index (χ1v) is 10.5. The molecule has 1 aliphatic rings. The van der Waals surface area contributed by atoms with Crippen LogP contribution in [0.4, 0.5) is 5.00 Å². The second-order valence-electron chi connectivity index (χ2n) is 6.64. The lowest BCUT2D eigenvalue weighted by molar-refractivity contribution is -0.113. The number of hydrogen-bond donors (Lipinski definition) is 1. The van der Waals surface area contributed by atoms with Crippen molar-refractivity contribution in [1.82, 2.24) is 0 Å². The minimum Gasteiger partial charge on any atom is -0.316 e. The number of benzene rings is 1. The lowest BCUT2D eigenvalue weighted by atomic mass is 9.89. The molecule has 3 nitrogen and oxygen atoms in total. The third kappa shape index (κ3) is 4.26. The van der Waals surface area contributed by atoms with Crippen molar-refractivity contribution >= 4 is 34.0 Å². The first kappa shape index (κ1) is 18.0. The molecule has 0 saturated heterocycles. The number of nitrogens with zero attached hydrogens (tertiary/aromatic N) is 1. The molecule has 0 radical (unpaired) electrons. The van der Waals surface area contributed by atoms with Gasteiger partial charge in [-0.15, -0.1) is 23.1 Å². The Morgan fingerprint density at radius 3 is 3.00 bits per heavy atom. The van der Waals surface area contributed by atoms with Crippen LogP contribution in [0, 0.1) is 24.2 Å². The maximum Gasteiger partial charge on any atom is 0.235 e. The van der Waals surface area contributed by atoms with Gasteiger partial charge in [-0.3, -0.25) is 4.79 Å². The summed E-state index contributed by atoms with van der Waals surface area (Å²) >= 11 is 3.19. The van der Waals surface area contributed by atoms with Crippen molar-refractivity contribution in [2.24, 2.45) is 5.92 Å². The lowest BCUT2D eigenvalue weighted by Gasteiger charge is -2.17. The fourth-order valence-corrected chi connectivity index (χ4v) is 5.43. The molecule has 130 valence electrons. The third-order valence-electron chi connectivity index (χ3n) is 4.63. The number of nitriles is 1. The van der Waals surface area contributed by atoms with E-state index in [1.807, 2.05) is 12.1 Å². The number of amides is 1. The number of fused-ring (bicyclic) bond motifs is 1. The van der Waals surface area contributed by atoms with Gasteiger partial charge >= 0.3 is 0 Å². The van der Waals surface area contributed by atoms with E-state index in [0.29, 0.717) is 17.2 Å². The molecule has 5 heteroatoms. The minimum absolute atomic E-state index is 0.0262. The van der Waals surface area contributed by atoms with Crippen molar-refractivity contribution in [2.75, 3.05) is 11.1 Å². The van der Waals surface area contributed by atoms with Crippen LogP contribution in [0.15, 0.2) is 24.3 Å². The van der Waals surface area contributed by atoms with Gasteiger partial charge in [-0.05, 0) is 48.8 Å². The van der Waals surface area contributed by atoms with E-state index in [4.69, 9.17) is 0 Å². The van der Waals surface area contributed by atoms with Crippen LogP contribution in [-0.4, -0.2) is 11.7 Å². The van der Waals surface area contributed by atoms with Gasteiger partial charge in [-0.25, -0.2) is 0 Å². The summed E-state index contributed by atoms with van der Waals surface area (Å²) in [4.78, 5) is 13.6. The Kier molecular flexibility index (Phi) is 5.82. The SMILES string of the molecule is Cc1ccccc1CSCC(=O)Nc1sc2c(c1C#N)CC[C@@H](C)C2. The Labute approximate surface area is 157 Å². The molecule has 0 unspecified atom stereocenters. The van der Waals surface area contributed by atoms with Gasteiger partial charge in [-0.2, -0.15) is 5.26 Å². The standard InChI is InChI=1S/C20H22N2OS2/c1-13-7-8-16-17(10-21)20(25-18(16)9-13)22-19(23)12-24-11-15-6-4-3-5-14(15)2/h3-6,13H,7-9,11-12H2,1-2H3,(H,22,23)/t13-/m1/s1. The molecule has 0 aliphatic heterocycles. The predicted octanol–water partition coefficient (Wildman–Crippen LogP) is 4.92. The fourth-order valence-electron chi connectivity index (χ4n) is 3.15. The molecule has 1 aromatic heterocycles. The summed E-state index contributed by atoms with van der Waals surface area (Å²) in [5.74, 6) is 1.86. The summed E-state index contributed by atoms with van der Waals surface area (Å²) in [6, 6.07) is 10.5. The van der Waals surface area contributed by atoms with E-state index in [1.165, 1.54) is 16.0 Å². The number of thiophene rings is 1. The molecular formula is C20H22N2OS2. The molecule has 2 aromatic rings. The zero-order valence-corrected chi connectivity index (χ0v) is 16.2. The number of aryl methyl sites for hydroxylation is 1. The van der Waals surface area contributed by atoms with Crippen molar-refractivity contribution < 1.29 is 4.79 Å². The number of rotatable bonds is 5. The second kappa shape index (κ2) is 8.07. The second-order valence-corrected chi connectivity index (χ2v) is 8.73. The molecule has 1 heterocycles. The highest BCUT2D eigenvalue weighted by molar-refractivity contribution is 7.99. The van der Waals surface area contributed by atoms with Crippen molar-refractivity contribution in [2.45, 2.75) is 38.9 Å². The topological polar surface area (TPSA) is 52.9 Å². The number of hydrogen-bond acceptors (Lipinski definition) is 4. The van der Waals surface area contributed by atoms with Crippen molar-refractivity contribution in [3.63, 3.8) is 0 Å². The first-order valence-electron chi connectivity index (χ1n) is 8.55. The van der Waals surface area contributed by atoms with Gasteiger partial charge in [-0.1, -0.05) is 31.2 Å². The van der Waals surface area contributed by atoms with E-state index in [-0.39, 0.29) is 5.91 Å². The van der Waals surface area contributed by atoms with Crippen LogP contribution in [0.1, 0.15) is 40.5 Å². The Hall–Kier alpha value is -1.77. The van der Waals surface area contributed by atoms with Gasteiger partial charge < -0.3 is 5.32 Å². The molecule has 1 aliphatic carbocycles. The van der Waals surface area contributed by atoms with Crippen LogP contribution in [0.3, 0.4) is 0 Å². The molecule has 0 spiro atoms. The number of carbonyl (C=O) groups is 1. The molecule has 1 amide bonds. The van der Waals surface area contributed by atoms with Crippen LogP contribution in [0.25, 0.3) is 0 Å². The minimum atomic E-state index is -0.0262. The van der Waals surface area contributed by atoms with E-state index in [0.717, 1.165) is 35.6 Å². The summed E-state index contributed by atoms with van der Waals surface area (Å²) in [6.45, 7) is 4.33. The summed E-state index contributed by atoms with van der Waals surface area (Å²) < 4.78 is 0. The zero-order chi connectivity index (χ0) is 17.8. The Balaban J connectivity index is 1.60. The van der Waals surface area contributed by atoms with Gasteiger partial charge in [0.05, 0.1) is 11.3 Å². The van der Waals surface area contributed by atoms with Gasteiger partial charge in [0.1, 0.15) is 11.1 Å². The number of nitrogens with one attached hydrogen (secondary N) is 1. The van der Waals surface area contributed by atoms with Gasteiger partial charge in [0.25, 0.3) is 0 Å². The highest BCUT2D eigenvalue weighted by atomic mass is 32.2. The Morgan fingerprint density at radius 1 is 1.44 bits per heavy atom. The highest BCUT2D eigenvalue weighted by Crippen LogP contribution is 2.39. The van der Waals surface area contributed by atoms with Gasteiger partial charge in [0.2, 0.25) is 5.91 Å². The summed E-state index contributed by atoms with van der Waals surface area (Å²) in [7, 11) is 0. The molecule has 0 saturated carbocycles. The van der Waals surface area contributed by atoms with Crippen LogP contribution in [0.5, 0.6) is 0 Å². The van der Waals surface area contributed by atoms with Crippen LogP contribution < -0.4 is 5.32 Å². The average Bonchev–Trinajstić information content (AvgIpc) is 2.92. The number of anilines is 1. The summed E-state index contributed by atoms with van der Waals surface area (Å²) in [5, 5.41) is 13.2. The van der Waals surface area contributed by atoms with Gasteiger partial charge in [0, 0.05) is 10.6 Å². The highest BCUT2D eigenvalue weighted by Gasteiger charge is 2.24. The van der Waals surface area contributed by atoms with E-state index in [9.17, 15) is 10.1 Å². The lowest BCUT2D eigenvalue weighted by Crippen LogP contribution is -2.14. The molecule has 25 heavy (non-hydrogen) atoms. The monoisotopic (exact) mass is 370 g/mol. The first-order chi connectivity index (χ1) is 12.1. The Morgan fingerprint density at radius 2 is 2.24 bits per heavy atom. The maximum absolute atomic E-state index is 12.3. The number of carbonyl (C=O) groups excluding carboxylic acids is 1. The molecular weight excluding hydrogens is 348 g/mol. The zero-order valence-electron chi connectivity index (χ0n) is 14.6. The maximum atomic E-state index is 12.3. The summed E-state index contributed by atoms with van der Waals surface area (Å²) in [6.07, 6.45) is 3.10. The van der Waals surface area contributed by atoms with Gasteiger partial charge in [0.15, 0.2) is 0 Å². The number of thioether (sulfide) groups is 1. The van der Waals surface area contributed by atoms with Crippen molar-refractivity contribution in [3.05, 3.63) is 51.4 Å².